The van der Waals surface area contributed by atoms with Gasteiger partial charge >= 0.3 is 0 Å². The number of aliphatic imine (C=N–C) groups is 1. The average molecular weight is 510 g/mol. The molecule has 3 rings (SSSR count). The lowest BCUT2D eigenvalue weighted by Crippen LogP contribution is -2.42. The van der Waals surface area contributed by atoms with E-state index in [0.29, 0.717) is 12.4 Å². The van der Waals surface area contributed by atoms with Gasteiger partial charge in [0.1, 0.15) is 6.26 Å². The molecule has 7 heteroatoms. The molecule has 0 aliphatic carbocycles. The second kappa shape index (κ2) is 10.6. The van der Waals surface area contributed by atoms with Crippen molar-refractivity contribution in [2.45, 2.75) is 39.8 Å². The van der Waals surface area contributed by atoms with E-state index in [1.807, 2.05) is 23.5 Å². The van der Waals surface area contributed by atoms with Crippen LogP contribution in [0.25, 0.3) is 11.5 Å². The summed E-state index contributed by atoms with van der Waals surface area (Å²) in [6.45, 7) is 6.91. The minimum absolute atomic E-state index is 0. The lowest BCUT2D eigenvalue weighted by molar-refractivity contribution is 0.572. The fourth-order valence-corrected chi connectivity index (χ4v) is 3.79. The molecule has 1 unspecified atom stereocenters. The van der Waals surface area contributed by atoms with Crippen LogP contribution < -0.4 is 10.6 Å². The summed E-state index contributed by atoms with van der Waals surface area (Å²) in [7, 11) is 1.78. The molecule has 0 radical (unpaired) electrons. The van der Waals surface area contributed by atoms with E-state index in [0.717, 1.165) is 23.6 Å². The van der Waals surface area contributed by atoms with Crippen LogP contribution in [0.15, 0.2) is 52.1 Å². The summed E-state index contributed by atoms with van der Waals surface area (Å²) >= 11 is 1.84. The summed E-state index contributed by atoms with van der Waals surface area (Å²) in [6, 6.07) is 12.8. The Morgan fingerprint density at radius 3 is 2.57 bits per heavy atom. The predicted octanol–water partition coefficient (Wildman–Crippen LogP) is 4.93. The van der Waals surface area contributed by atoms with Crippen molar-refractivity contribution in [1.29, 1.82) is 0 Å². The molecule has 0 fully saturated rings. The Balaban J connectivity index is 0.00000280. The summed E-state index contributed by atoms with van der Waals surface area (Å²) < 4.78 is 5.61. The van der Waals surface area contributed by atoms with Gasteiger partial charge in [0.2, 0.25) is 5.89 Å². The monoisotopic (exact) mass is 510 g/mol. The third-order valence-electron chi connectivity index (χ3n) is 4.20. The second-order valence-electron chi connectivity index (χ2n) is 6.70. The van der Waals surface area contributed by atoms with Crippen molar-refractivity contribution in [1.82, 2.24) is 15.6 Å². The summed E-state index contributed by atoms with van der Waals surface area (Å²) in [5, 5.41) is 6.73. The summed E-state index contributed by atoms with van der Waals surface area (Å²) in [5.74, 6) is 1.40. The number of benzene rings is 1. The minimum atomic E-state index is 0. The first-order chi connectivity index (χ1) is 13.0. The van der Waals surface area contributed by atoms with Gasteiger partial charge < -0.3 is 15.1 Å². The molecular weight excluding hydrogens is 483 g/mol. The van der Waals surface area contributed by atoms with Crippen molar-refractivity contribution in [3.63, 3.8) is 0 Å². The zero-order chi connectivity index (χ0) is 19.2. The summed E-state index contributed by atoms with van der Waals surface area (Å²) in [4.78, 5) is 11.6. The first-order valence-corrected chi connectivity index (χ1v) is 9.89. The third kappa shape index (κ3) is 6.34. The average Bonchev–Trinajstić information content (AvgIpc) is 3.28. The molecule has 150 valence electrons. The third-order valence-corrected chi connectivity index (χ3v) is 5.22. The highest BCUT2D eigenvalue weighted by Gasteiger charge is 2.10. The largest absolute Gasteiger partial charge is 0.444 e. The molecule has 28 heavy (non-hydrogen) atoms. The van der Waals surface area contributed by atoms with Crippen molar-refractivity contribution in [3.05, 3.63) is 63.7 Å². The Kier molecular flexibility index (Phi) is 8.50. The zero-order valence-electron chi connectivity index (χ0n) is 16.7. The summed E-state index contributed by atoms with van der Waals surface area (Å²) in [6.07, 6.45) is 2.66. The van der Waals surface area contributed by atoms with E-state index in [-0.39, 0.29) is 30.0 Å². The van der Waals surface area contributed by atoms with Gasteiger partial charge in [0.15, 0.2) is 5.96 Å². The fraction of sp³-hybridized carbons (Fsp3) is 0.333. The van der Waals surface area contributed by atoms with Gasteiger partial charge in [-0.2, -0.15) is 0 Å². The maximum absolute atomic E-state index is 5.61. The van der Waals surface area contributed by atoms with Crippen molar-refractivity contribution >= 4 is 41.3 Å². The molecule has 0 bridgehead atoms. The molecule has 0 saturated heterocycles. The van der Waals surface area contributed by atoms with Gasteiger partial charge in [-0.25, -0.2) is 4.98 Å². The van der Waals surface area contributed by atoms with Crippen LogP contribution in [0.3, 0.4) is 0 Å². The van der Waals surface area contributed by atoms with Gasteiger partial charge in [-0.05, 0) is 45.0 Å². The molecule has 2 N–H and O–H groups in total. The molecule has 0 aliphatic rings. The number of aryl methyl sites for hydroxylation is 2. The molecular formula is C21H27IN4OS. The number of thiophene rings is 1. The fourth-order valence-electron chi connectivity index (χ4n) is 2.77. The highest BCUT2D eigenvalue weighted by Crippen LogP contribution is 2.19. The first-order valence-electron chi connectivity index (χ1n) is 9.07. The molecule has 0 amide bonds. The molecule has 2 heterocycles. The van der Waals surface area contributed by atoms with E-state index < -0.39 is 0 Å². The maximum Gasteiger partial charge on any atom is 0.226 e. The number of halogens is 1. The molecule has 3 aromatic rings. The van der Waals surface area contributed by atoms with Crippen LogP contribution in [0.4, 0.5) is 0 Å². The Morgan fingerprint density at radius 1 is 1.18 bits per heavy atom. The van der Waals surface area contributed by atoms with Crippen LogP contribution in [0.2, 0.25) is 0 Å². The molecule has 1 aromatic carbocycles. The van der Waals surface area contributed by atoms with Crippen LogP contribution in [0.1, 0.15) is 27.9 Å². The van der Waals surface area contributed by atoms with Crippen molar-refractivity contribution in [3.8, 4) is 11.5 Å². The van der Waals surface area contributed by atoms with Gasteiger partial charge in [-0.15, -0.1) is 35.3 Å². The highest BCUT2D eigenvalue weighted by molar-refractivity contribution is 14.0. The standard InChI is InChI=1S/C21H26N4OS.HI/c1-14-5-8-17(9-6-14)20-25-18(13-26-20)12-23-21(22-4)24-15(2)11-19-10-7-16(3)27-19;/h5-10,13,15H,11-12H2,1-4H3,(H2,22,23,24);1H. The molecule has 5 nitrogen and oxygen atoms in total. The zero-order valence-corrected chi connectivity index (χ0v) is 19.8. The molecule has 2 aromatic heterocycles. The van der Waals surface area contributed by atoms with Gasteiger partial charge in [-0.3, -0.25) is 4.99 Å². The van der Waals surface area contributed by atoms with E-state index in [2.05, 4.69) is 65.6 Å². The maximum atomic E-state index is 5.61. The van der Waals surface area contributed by atoms with E-state index in [4.69, 9.17) is 4.42 Å². The topological polar surface area (TPSA) is 62.5 Å². The number of hydrogen-bond donors (Lipinski definition) is 2. The van der Waals surface area contributed by atoms with Crippen LogP contribution >= 0.6 is 35.3 Å². The Bertz CT molecular complexity index is 901. The number of hydrogen-bond acceptors (Lipinski definition) is 4. The number of nitrogens with one attached hydrogen (secondary N) is 2. The first kappa shape index (κ1) is 22.4. The van der Waals surface area contributed by atoms with Gasteiger partial charge in [0.25, 0.3) is 0 Å². The molecule has 0 saturated carbocycles. The number of aromatic nitrogens is 1. The van der Waals surface area contributed by atoms with Crippen molar-refractivity contribution in [2.24, 2.45) is 4.99 Å². The van der Waals surface area contributed by atoms with Gasteiger partial charge in [0.05, 0.1) is 12.2 Å². The smallest absolute Gasteiger partial charge is 0.226 e. The summed E-state index contributed by atoms with van der Waals surface area (Å²) in [5.41, 5.74) is 3.04. The lowest BCUT2D eigenvalue weighted by atomic mass is 10.1. The SMILES string of the molecule is CN=C(NCc1coc(-c2ccc(C)cc2)n1)NC(C)Cc1ccc(C)s1.I. The van der Waals surface area contributed by atoms with Crippen molar-refractivity contribution in [2.75, 3.05) is 7.05 Å². The number of guanidine groups is 1. The highest BCUT2D eigenvalue weighted by atomic mass is 127. The molecule has 0 spiro atoms. The number of rotatable bonds is 6. The number of oxazole rings is 1. The molecule has 1 atom stereocenters. The Labute approximate surface area is 187 Å². The Morgan fingerprint density at radius 2 is 1.93 bits per heavy atom. The molecule has 0 aliphatic heterocycles. The number of nitrogens with zero attached hydrogens (tertiary/aromatic N) is 2. The minimum Gasteiger partial charge on any atom is -0.444 e. The normalized spacial score (nSPS) is 12.4. The van der Waals surface area contributed by atoms with Crippen LogP contribution in [0, 0.1) is 13.8 Å². The quantitative estimate of drug-likeness (QED) is 0.280. The van der Waals surface area contributed by atoms with E-state index in [1.54, 1.807) is 13.3 Å². The van der Waals surface area contributed by atoms with E-state index in [1.165, 1.54) is 15.3 Å². The van der Waals surface area contributed by atoms with Crippen molar-refractivity contribution < 1.29 is 4.42 Å². The Hall–Kier alpha value is -1.87. The second-order valence-corrected chi connectivity index (χ2v) is 8.07. The predicted molar refractivity (Wildman–Crippen MR) is 128 cm³/mol. The lowest BCUT2D eigenvalue weighted by Gasteiger charge is -2.16. The van der Waals surface area contributed by atoms with E-state index in [9.17, 15) is 0 Å². The van der Waals surface area contributed by atoms with Crippen LogP contribution in [-0.4, -0.2) is 24.0 Å². The van der Waals surface area contributed by atoms with Gasteiger partial charge in [-0.1, -0.05) is 17.7 Å². The van der Waals surface area contributed by atoms with Crippen LogP contribution in [0.5, 0.6) is 0 Å². The van der Waals surface area contributed by atoms with E-state index >= 15 is 0 Å². The van der Waals surface area contributed by atoms with Gasteiger partial charge in [0, 0.05) is 34.8 Å². The van der Waals surface area contributed by atoms with Crippen LogP contribution in [-0.2, 0) is 13.0 Å².